The smallest absolute Gasteiger partial charge is 0.193 e. The van der Waals surface area contributed by atoms with Crippen LogP contribution in [0.3, 0.4) is 0 Å². The van der Waals surface area contributed by atoms with Crippen LogP contribution in [0, 0.1) is 0 Å². The van der Waals surface area contributed by atoms with E-state index in [9.17, 15) is 0 Å². The molecule has 1 heterocycles. The maximum atomic E-state index is 5.65. The van der Waals surface area contributed by atoms with Crippen LogP contribution in [-0.4, -0.2) is 51.8 Å². The van der Waals surface area contributed by atoms with Gasteiger partial charge >= 0.3 is 0 Å². The van der Waals surface area contributed by atoms with Crippen LogP contribution in [0.2, 0.25) is 0 Å². The molecule has 1 fully saturated rings. The molecule has 0 aromatic heterocycles. The Morgan fingerprint density at radius 1 is 1.11 bits per heavy atom. The van der Waals surface area contributed by atoms with Crippen LogP contribution in [0.4, 0.5) is 0 Å². The molecule has 0 bridgehead atoms. The van der Waals surface area contributed by atoms with E-state index >= 15 is 0 Å². The van der Waals surface area contributed by atoms with Crippen molar-refractivity contribution in [1.82, 2.24) is 10.2 Å². The van der Waals surface area contributed by atoms with Gasteiger partial charge < -0.3 is 19.7 Å². The number of hydrogen-bond donors (Lipinski definition) is 1. The Labute approximate surface area is 168 Å². The van der Waals surface area contributed by atoms with Crippen LogP contribution in [0.1, 0.15) is 24.0 Å². The quantitative estimate of drug-likeness (QED) is 0.615. The number of para-hydroxylation sites is 1. The Bertz CT molecular complexity index is 770. The topological polar surface area (TPSA) is 46.1 Å². The molecule has 5 nitrogen and oxygen atoms in total. The molecule has 0 amide bonds. The number of aliphatic imine (C=N–C) groups is 1. The minimum absolute atomic E-state index is 0.0702. The zero-order chi connectivity index (χ0) is 19.8. The summed E-state index contributed by atoms with van der Waals surface area (Å²) in [7, 11) is 5.60. The summed E-state index contributed by atoms with van der Waals surface area (Å²) < 4.78 is 11.1. The lowest BCUT2D eigenvalue weighted by Crippen LogP contribution is -2.48. The van der Waals surface area contributed by atoms with Crippen LogP contribution >= 0.6 is 0 Å². The molecule has 28 heavy (non-hydrogen) atoms. The molecule has 0 spiro atoms. The van der Waals surface area contributed by atoms with Gasteiger partial charge in [0.15, 0.2) is 5.96 Å². The maximum absolute atomic E-state index is 5.65. The third-order valence-electron chi connectivity index (χ3n) is 5.59. The first-order valence-corrected chi connectivity index (χ1v) is 9.85. The number of rotatable bonds is 6. The molecule has 1 aliphatic rings. The molecule has 1 N–H and O–H groups in total. The molecule has 150 valence electrons. The van der Waals surface area contributed by atoms with E-state index in [0.29, 0.717) is 0 Å². The van der Waals surface area contributed by atoms with E-state index in [1.54, 1.807) is 7.11 Å². The first kappa shape index (κ1) is 20.2. The molecule has 2 aromatic rings. The number of methoxy groups -OCH3 is 1. The minimum atomic E-state index is 0.0702. The second-order valence-electron chi connectivity index (χ2n) is 7.33. The van der Waals surface area contributed by atoms with Crippen molar-refractivity contribution >= 4 is 5.96 Å². The highest BCUT2D eigenvalue weighted by Crippen LogP contribution is 2.34. The molecular formula is C23H31N3O2. The SMILES string of the molecule is CN=C(NCC1(c2ccccc2)CCOCC1)N(C)Cc1ccccc1OC. The largest absolute Gasteiger partial charge is 0.496 e. The highest BCUT2D eigenvalue weighted by atomic mass is 16.5. The lowest BCUT2D eigenvalue weighted by atomic mass is 9.74. The van der Waals surface area contributed by atoms with Gasteiger partial charge in [0.25, 0.3) is 0 Å². The van der Waals surface area contributed by atoms with Crippen molar-refractivity contribution in [2.45, 2.75) is 24.8 Å². The van der Waals surface area contributed by atoms with Gasteiger partial charge in [0.1, 0.15) is 5.75 Å². The van der Waals surface area contributed by atoms with Crippen LogP contribution < -0.4 is 10.1 Å². The van der Waals surface area contributed by atoms with Crippen LogP contribution in [0.25, 0.3) is 0 Å². The van der Waals surface area contributed by atoms with Gasteiger partial charge in [-0.2, -0.15) is 0 Å². The first-order chi connectivity index (χ1) is 13.7. The molecular weight excluding hydrogens is 350 g/mol. The van der Waals surface area contributed by atoms with Crippen molar-refractivity contribution < 1.29 is 9.47 Å². The van der Waals surface area contributed by atoms with Gasteiger partial charge in [0.05, 0.1) is 7.11 Å². The van der Waals surface area contributed by atoms with Crippen molar-refractivity contribution in [3.05, 3.63) is 65.7 Å². The molecule has 2 aromatic carbocycles. The molecule has 1 aliphatic heterocycles. The number of benzene rings is 2. The Kier molecular flexibility index (Phi) is 6.93. The fourth-order valence-electron chi connectivity index (χ4n) is 3.92. The standard InChI is InChI=1S/C23H31N3O2/c1-24-22(26(2)17-19-9-7-8-12-21(19)27-3)25-18-23(13-15-28-16-14-23)20-10-5-4-6-11-20/h4-12H,13-18H2,1-3H3,(H,24,25). The molecule has 0 radical (unpaired) electrons. The lowest BCUT2D eigenvalue weighted by molar-refractivity contribution is 0.0512. The average molecular weight is 382 g/mol. The fourth-order valence-corrected chi connectivity index (χ4v) is 3.92. The monoisotopic (exact) mass is 381 g/mol. The van der Waals surface area contributed by atoms with E-state index in [2.05, 4.69) is 58.7 Å². The van der Waals surface area contributed by atoms with Gasteiger partial charge in [-0.05, 0) is 24.5 Å². The van der Waals surface area contributed by atoms with Crippen molar-refractivity contribution in [2.75, 3.05) is 41.0 Å². The Morgan fingerprint density at radius 2 is 1.79 bits per heavy atom. The van der Waals surface area contributed by atoms with Gasteiger partial charge in [-0.3, -0.25) is 4.99 Å². The van der Waals surface area contributed by atoms with E-state index in [-0.39, 0.29) is 5.41 Å². The van der Waals surface area contributed by atoms with Crippen LogP contribution in [-0.2, 0) is 16.7 Å². The van der Waals surface area contributed by atoms with Crippen molar-refractivity contribution in [1.29, 1.82) is 0 Å². The van der Waals surface area contributed by atoms with Crippen molar-refractivity contribution in [3.8, 4) is 5.75 Å². The Hall–Kier alpha value is -2.53. The maximum Gasteiger partial charge on any atom is 0.193 e. The third kappa shape index (κ3) is 4.65. The second-order valence-corrected chi connectivity index (χ2v) is 7.33. The highest BCUT2D eigenvalue weighted by molar-refractivity contribution is 5.79. The van der Waals surface area contributed by atoms with E-state index < -0.39 is 0 Å². The normalized spacial score (nSPS) is 16.5. The summed E-state index contributed by atoms with van der Waals surface area (Å²) in [6.45, 7) is 3.16. The first-order valence-electron chi connectivity index (χ1n) is 9.85. The summed E-state index contributed by atoms with van der Waals surface area (Å²) in [6.07, 6.45) is 2.02. The second kappa shape index (κ2) is 9.60. The molecule has 5 heteroatoms. The third-order valence-corrected chi connectivity index (χ3v) is 5.59. The number of ether oxygens (including phenoxy) is 2. The number of nitrogens with zero attached hydrogens (tertiary/aromatic N) is 2. The molecule has 3 rings (SSSR count). The molecule has 0 saturated carbocycles. The summed E-state index contributed by atoms with van der Waals surface area (Å²) in [5.41, 5.74) is 2.58. The lowest BCUT2D eigenvalue weighted by Gasteiger charge is -2.39. The summed E-state index contributed by atoms with van der Waals surface area (Å²) in [5.74, 6) is 1.78. The van der Waals surface area contributed by atoms with Gasteiger partial charge in [-0.1, -0.05) is 48.5 Å². The molecule has 0 atom stereocenters. The number of guanidine groups is 1. The van der Waals surface area contributed by atoms with Crippen LogP contribution in [0.15, 0.2) is 59.6 Å². The molecule has 0 unspecified atom stereocenters. The molecule has 0 aliphatic carbocycles. The van der Waals surface area contributed by atoms with E-state index in [0.717, 1.165) is 56.4 Å². The van der Waals surface area contributed by atoms with Gasteiger partial charge in [-0.15, -0.1) is 0 Å². The van der Waals surface area contributed by atoms with Crippen molar-refractivity contribution in [3.63, 3.8) is 0 Å². The van der Waals surface area contributed by atoms with Gasteiger partial charge in [0, 0.05) is 51.4 Å². The van der Waals surface area contributed by atoms with E-state index in [4.69, 9.17) is 9.47 Å². The predicted octanol–water partition coefficient (Wildman–Crippen LogP) is 3.45. The van der Waals surface area contributed by atoms with Crippen LogP contribution in [0.5, 0.6) is 5.75 Å². The highest BCUT2D eigenvalue weighted by Gasteiger charge is 2.34. The number of hydrogen-bond acceptors (Lipinski definition) is 3. The van der Waals surface area contributed by atoms with Gasteiger partial charge in [-0.25, -0.2) is 0 Å². The van der Waals surface area contributed by atoms with Crippen molar-refractivity contribution in [2.24, 2.45) is 4.99 Å². The average Bonchev–Trinajstić information content (AvgIpc) is 2.76. The fraction of sp³-hybridized carbons (Fsp3) is 0.435. The van der Waals surface area contributed by atoms with Gasteiger partial charge in [0.2, 0.25) is 0 Å². The minimum Gasteiger partial charge on any atom is -0.496 e. The summed E-state index contributed by atoms with van der Waals surface area (Å²) in [4.78, 5) is 6.64. The molecule has 1 saturated heterocycles. The Morgan fingerprint density at radius 3 is 2.46 bits per heavy atom. The zero-order valence-electron chi connectivity index (χ0n) is 17.1. The number of nitrogens with one attached hydrogen (secondary N) is 1. The summed E-state index contributed by atoms with van der Waals surface area (Å²) in [6, 6.07) is 18.9. The Balaban J connectivity index is 1.71. The summed E-state index contributed by atoms with van der Waals surface area (Å²) >= 11 is 0. The predicted molar refractivity (Wildman–Crippen MR) is 114 cm³/mol. The zero-order valence-corrected chi connectivity index (χ0v) is 17.1. The van der Waals surface area contributed by atoms with E-state index in [1.807, 2.05) is 25.2 Å². The van der Waals surface area contributed by atoms with E-state index in [1.165, 1.54) is 5.56 Å². The summed E-state index contributed by atoms with van der Waals surface area (Å²) in [5, 5.41) is 3.62.